The van der Waals surface area contributed by atoms with Gasteiger partial charge in [-0.25, -0.2) is 4.79 Å². The van der Waals surface area contributed by atoms with Crippen LogP contribution in [0.5, 0.6) is 0 Å². The van der Waals surface area contributed by atoms with Crippen molar-refractivity contribution in [2.45, 2.75) is 25.2 Å². The van der Waals surface area contributed by atoms with E-state index in [0.29, 0.717) is 11.1 Å². The van der Waals surface area contributed by atoms with Crippen molar-refractivity contribution in [3.8, 4) is 0 Å². The topological polar surface area (TPSA) is 54.0 Å². The number of hydrogen-bond acceptors (Lipinski definition) is 2. The molecule has 1 atom stereocenters. The summed E-state index contributed by atoms with van der Waals surface area (Å²) in [6.07, 6.45) is -1.74. The third kappa shape index (κ3) is 5.61. The Labute approximate surface area is 131 Å². The van der Waals surface area contributed by atoms with E-state index in [4.69, 9.17) is 0 Å². The number of rotatable bonds is 5. The number of carbonyl (C=O) groups is 1. The van der Waals surface area contributed by atoms with Crippen molar-refractivity contribution in [1.29, 1.82) is 0 Å². The molecule has 2 N–H and O–H groups in total. The number of pyridine rings is 1. The Bertz CT molecular complexity index is 617. The summed E-state index contributed by atoms with van der Waals surface area (Å²) < 4.78 is 39.2. The zero-order chi connectivity index (χ0) is 16.7. The van der Waals surface area contributed by atoms with E-state index >= 15 is 0 Å². The quantitative estimate of drug-likeness (QED) is 0.888. The highest BCUT2D eigenvalue weighted by Gasteiger charge is 2.40. The minimum Gasteiger partial charge on any atom is -0.334 e. The van der Waals surface area contributed by atoms with Gasteiger partial charge in [-0.05, 0) is 17.2 Å². The summed E-state index contributed by atoms with van der Waals surface area (Å²) in [5.74, 6) is 0. The molecule has 0 aliphatic heterocycles. The van der Waals surface area contributed by atoms with E-state index in [-0.39, 0.29) is 13.0 Å². The molecule has 0 radical (unpaired) electrons. The predicted molar refractivity (Wildman–Crippen MR) is 79.6 cm³/mol. The first-order valence-electron chi connectivity index (χ1n) is 6.99. The Hall–Kier alpha value is -2.57. The second-order valence-corrected chi connectivity index (χ2v) is 4.97. The van der Waals surface area contributed by atoms with Crippen LogP contribution < -0.4 is 10.6 Å². The number of nitrogens with one attached hydrogen (secondary N) is 2. The Kier molecular flexibility index (Phi) is 5.56. The summed E-state index contributed by atoms with van der Waals surface area (Å²) in [6.45, 7) is 0.107. The van der Waals surface area contributed by atoms with Crippen LogP contribution in [-0.2, 0) is 13.0 Å². The molecule has 1 aromatic heterocycles. The number of alkyl halides is 3. The van der Waals surface area contributed by atoms with Crippen molar-refractivity contribution in [2.24, 2.45) is 0 Å². The van der Waals surface area contributed by atoms with Gasteiger partial charge in [0.25, 0.3) is 0 Å². The summed E-state index contributed by atoms with van der Waals surface area (Å²) >= 11 is 0. The summed E-state index contributed by atoms with van der Waals surface area (Å²) in [5, 5.41) is 4.38. The van der Waals surface area contributed by atoms with Crippen LogP contribution in [0.15, 0.2) is 54.9 Å². The van der Waals surface area contributed by atoms with Crippen LogP contribution in [0.3, 0.4) is 0 Å². The van der Waals surface area contributed by atoms with Gasteiger partial charge in [0.05, 0.1) is 0 Å². The van der Waals surface area contributed by atoms with Crippen LogP contribution in [-0.4, -0.2) is 23.2 Å². The zero-order valence-electron chi connectivity index (χ0n) is 12.2. The maximum atomic E-state index is 13.1. The second kappa shape index (κ2) is 7.62. The van der Waals surface area contributed by atoms with Gasteiger partial charge in [0.2, 0.25) is 0 Å². The maximum Gasteiger partial charge on any atom is 0.408 e. The Balaban J connectivity index is 1.93. The number of hydrogen-bond donors (Lipinski definition) is 2. The van der Waals surface area contributed by atoms with Crippen LogP contribution >= 0.6 is 0 Å². The van der Waals surface area contributed by atoms with Crippen LogP contribution in [0.4, 0.5) is 18.0 Å². The normalized spacial score (nSPS) is 12.5. The fourth-order valence-corrected chi connectivity index (χ4v) is 1.99. The monoisotopic (exact) mass is 323 g/mol. The molecule has 122 valence electrons. The maximum absolute atomic E-state index is 13.1. The minimum atomic E-state index is -4.53. The second-order valence-electron chi connectivity index (χ2n) is 4.97. The molecule has 2 amide bonds. The Morgan fingerprint density at radius 2 is 1.78 bits per heavy atom. The van der Waals surface area contributed by atoms with Gasteiger partial charge in [-0.15, -0.1) is 0 Å². The highest BCUT2D eigenvalue weighted by atomic mass is 19.4. The van der Waals surface area contributed by atoms with Crippen molar-refractivity contribution in [2.75, 3.05) is 0 Å². The molecule has 0 spiro atoms. The van der Waals surface area contributed by atoms with Crippen molar-refractivity contribution in [1.82, 2.24) is 15.6 Å². The molecule has 23 heavy (non-hydrogen) atoms. The predicted octanol–water partition coefficient (Wildman–Crippen LogP) is 3.05. The lowest BCUT2D eigenvalue weighted by Crippen LogP contribution is -2.50. The number of aromatic nitrogens is 1. The van der Waals surface area contributed by atoms with Crippen molar-refractivity contribution < 1.29 is 18.0 Å². The largest absolute Gasteiger partial charge is 0.408 e. The molecular formula is C16H16F3N3O. The molecule has 0 fully saturated rings. The first-order chi connectivity index (χ1) is 10.9. The van der Waals surface area contributed by atoms with Crippen LogP contribution in [0.25, 0.3) is 0 Å². The molecule has 0 saturated heterocycles. The van der Waals surface area contributed by atoms with E-state index in [0.717, 1.165) is 0 Å². The SMILES string of the molecule is O=C(NCc1cccnc1)N[C@@H](Cc1ccccc1)C(F)(F)F. The average Bonchev–Trinajstić information content (AvgIpc) is 2.53. The Morgan fingerprint density at radius 1 is 1.09 bits per heavy atom. The molecule has 7 heteroatoms. The van der Waals surface area contributed by atoms with Gasteiger partial charge in [0.1, 0.15) is 6.04 Å². The highest BCUT2D eigenvalue weighted by Crippen LogP contribution is 2.23. The first-order valence-corrected chi connectivity index (χ1v) is 6.99. The molecule has 4 nitrogen and oxygen atoms in total. The molecule has 1 aromatic carbocycles. The van der Waals surface area contributed by atoms with Gasteiger partial charge < -0.3 is 10.6 Å². The van der Waals surface area contributed by atoms with Crippen molar-refractivity contribution in [3.05, 3.63) is 66.0 Å². The molecule has 0 saturated carbocycles. The third-order valence-corrected chi connectivity index (χ3v) is 3.16. The average molecular weight is 323 g/mol. The summed E-state index contributed by atoms with van der Waals surface area (Å²) in [5.41, 5.74) is 1.21. The van der Waals surface area contributed by atoms with E-state index in [1.807, 2.05) is 5.32 Å². The highest BCUT2D eigenvalue weighted by molar-refractivity contribution is 5.74. The molecule has 1 heterocycles. The lowest BCUT2D eigenvalue weighted by molar-refractivity contribution is -0.152. The molecule has 2 aromatic rings. The first kappa shape index (κ1) is 16.8. The number of amides is 2. The molecule has 2 rings (SSSR count). The summed E-state index contributed by atoms with van der Waals surface area (Å²) in [7, 11) is 0. The van der Waals surface area contributed by atoms with Gasteiger partial charge >= 0.3 is 12.2 Å². The fourth-order valence-electron chi connectivity index (χ4n) is 1.99. The van der Waals surface area contributed by atoms with Crippen molar-refractivity contribution >= 4 is 6.03 Å². The van der Waals surface area contributed by atoms with Gasteiger partial charge in [0, 0.05) is 25.4 Å². The lowest BCUT2D eigenvalue weighted by atomic mass is 10.1. The summed E-state index contributed by atoms with van der Waals surface area (Å²) in [4.78, 5) is 15.6. The van der Waals surface area contributed by atoms with Gasteiger partial charge in [-0.2, -0.15) is 13.2 Å². The van der Waals surface area contributed by atoms with E-state index in [1.165, 1.54) is 6.20 Å². The number of carbonyl (C=O) groups excluding carboxylic acids is 1. The van der Waals surface area contributed by atoms with Crippen molar-refractivity contribution in [3.63, 3.8) is 0 Å². The van der Waals surface area contributed by atoms with Crippen LogP contribution in [0.2, 0.25) is 0 Å². The minimum absolute atomic E-state index is 0.107. The molecular weight excluding hydrogens is 307 g/mol. The van der Waals surface area contributed by atoms with Gasteiger partial charge in [-0.3, -0.25) is 4.98 Å². The molecule has 0 aliphatic carbocycles. The van der Waals surface area contributed by atoms with E-state index in [1.54, 1.807) is 48.7 Å². The number of urea groups is 1. The molecule has 0 bridgehead atoms. The van der Waals surface area contributed by atoms with Gasteiger partial charge in [-0.1, -0.05) is 36.4 Å². The van der Waals surface area contributed by atoms with E-state index in [9.17, 15) is 18.0 Å². The van der Waals surface area contributed by atoms with E-state index < -0.39 is 18.2 Å². The summed E-state index contributed by atoms with van der Waals surface area (Å²) in [6, 6.07) is 8.81. The molecule has 0 unspecified atom stereocenters. The standard InChI is InChI=1S/C16H16F3N3O/c17-16(18,19)14(9-12-5-2-1-3-6-12)22-15(23)21-11-13-7-4-8-20-10-13/h1-8,10,14H,9,11H2,(H2,21,22,23)/t14-/m0/s1. The Morgan fingerprint density at radius 3 is 2.39 bits per heavy atom. The number of benzene rings is 1. The lowest BCUT2D eigenvalue weighted by Gasteiger charge is -2.22. The number of halogens is 3. The van der Waals surface area contributed by atoms with Crippen LogP contribution in [0, 0.1) is 0 Å². The smallest absolute Gasteiger partial charge is 0.334 e. The molecule has 0 aliphatic rings. The van der Waals surface area contributed by atoms with E-state index in [2.05, 4.69) is 10.3 Å². The number of nitrogens with zero attached hydrogens (tertiary/aromatic N) is 1. The van der Waals surface area contributed by atoms with Crippen LogP contribution in [0.1, 0.15) is 11.1 Å². The van der Waals surface area contributed by atoms with Gasteiger partial charge in [0.15, 0.2) is 0 Å². The third-order valence-electron chi connectivity index (χ3n) is 3.16. The zero-order valence-corrected chi connectivity index (χ0v) is 12.2. The fraction of sp³-hybridized carbons (Fsp3) is 0.250.